The van der Waals surface area contributed by atoms with Gasteiger partial charge in [-0.3, -0.25) is 14.6 Å². The number of nitrogens with zero attached hydrogens (tertiary/aromatic N) is 2. The lowest BCUT2D eigenvalue weighted by Gasteiger charge is -2.22. The van der Waals surface area contributed by atoms with Crippen molar-refractivity contribution in [1.82, 2.24) is 15.2 Å². The number of aromatic nitrogens is 1. The van der Waals surface area contributed by atoms with Crippen molar-refractivity contribution in [1.29, 1.82) is 0 Å². The molecule has 0 radical (unpaired) electrons. The van der Waals surface area contributed by atoms with E-state index in [1.165, 1.54) is 12.1 Å². The molecule has 1 aliphatic rings. The van der Waals surface area contributed by atoms with Crippen molar-refractivity contribution >= 4 is 18.0 Å². The molecule has 2 atom stereocenters. The highest BCUT2D eigenvalue weighted by molar-refractivity contribution is 5.95. The molecule has 0 saturated heterocycles. The molecule has 0 unspecified atom stereocenters. The maximum absolute atomic E-state index is 14.1. The van der Waals surface area contributed by atoms with E-state index in [1.807, 2.05) is 46.1 Å². The normalized spacial score (nSPS) is 14.2. The Hall–Kier alpha value is -3.92. The summed E-state index contributed by atoms with van der Waals surface area (Å²) in [6.07, 6.45) is 4.72. The molecule has 2 aromatic carbocycles. The number of hydrogen-bond acceptors (Lipinski definition) is 6. The van der Waals surface area contributed by atoms with Crippen LogP contribution in [0.2, 0.25) is 0 Å². The van der Waals surface area contributed by atoms with Gasteiger partial charge < -0.3 is 25.5 Å². The summed E-state index contributed by atoms with van der Waals surface area (Å²) < 4.78 is 14.1. The van der Waals surface area contributed by atoms with E-state index >= 15 is 0 Å². The summed E-state index contributed by atoms with van der Waals surface area (Å²) in [7, 11) is 4.07. The second-order valence-electron chi connectivity index (χ2n) is 12.7. The lowest BCUT2D eigenvalue weighted by molar-refractivity contribution is -0.139. The molecule has 4 N–H and O–H groups in total. The van der Waals surface area contributed by atoms with Gasteiger partial charge in [0.05, 0.1) is 30.0 Å². The molecule has 1 heterocycles. The molecule has 3 aromatic rings. The smallest absolute Gasteiger partial charge is 0.305 e. The number of carbonyl (C=O) groups excluding carboxylic acids is 1. The van der Waals surface area contributed by atoms with Crippen LogP contribution in [0, 0.1) is 5.82 Å². The average Bonchev–Trinajstić information content (AvgIpc) is 3.17. The second kappa shape index (κ2) is 16.1. The van der Waals surface area contributed by atoms with Crippen molar-refractivity contribution in [2.45, 2.75) is 76.9 Å². The van der Waals surface area contributed by atoms with E-state index in [9.17, 15) is 24.2 Å². The summed E-state index contributed by atoms with van der Waals surface area (Å²) in [6, 6.07) is 12.2. The molecule has 1 amide bonds. The minimum atomic E-state index is -1.19. The molecule has 1 aliphatic carbocycles. The number of amides is 1. The van der Waals surface area contributed by atoms with E-state index in [0.29, 0.717) is 18.5 Å². The van der Waals surface area contributed by atoms with Gasteiger partial charge in [-0.1, -0.05) is 44.2 Å². The molecule has 0 aliphatic heterocycles. The first-order chi connectivity index (χ1) is 21.9. The van der Waals surface area contributed by atoms with Crippen LogP contribution in [0.15, 0.2) is 48.5 Å². The van der Waals surface area contributed by atoms with E-state index in [2.05, 4.69) is 10.2 Å². The molecule has 1 aromatic heterocycles. The van der Waals surface area contributed by atoms with Gasteiger partial charge in [-0.25, -0.2) is 4.39 Å². The highest BCUT2D eigenvalue weighted by atomic mass is 19.1. The number of rotatable bonds is 14. The number of aliphatic carboxylic acids is 1. The lowest BCUT2D eigenvalue weighted by Crippen LogP contribution is -2.25. The van der Waals surface area contributed by atoms with Gasteiger partial charge in [-0.2, -0.15) is 0 Å². The molecule has 0 bridgehead atoms. The highest BCUT2D eigenvalue weighted by Gasteiger charge is 2.26. The third-order valence-electron chi connectivity index (χ3n) is 8.27. The molecule has 4 rings (SSSR count). The number of unbranched alkanes of at least 4 members (excludes halogenated alkanes) is 1. The van der Waals surface area contributed by atoms with E-state index in [-0.39, 0.29) is 24.1 Å². The Kier molecular flexibility index (Phi) is 12.2. The molecule has 0 spiro atoms. The van der Waals surface area contributed by atoms with Crippen molar-refractivity contribution < 1.29 is 29.3 Å². The number of aliphatic hydroxyl groups is 2. The summed E-state index contributed by atoms with van der Waals surface area (Å²) in [5.74, 6) is -1.58. The maximum Gasteiger partial charge on any atom is 0.305 e. The molecule has 9 heteroatoms. The molecule has 8 nitrogen and oxygen atoms in total. The quantitative estimate of drug-likeness (QED) is 0.165. The van der Waals surface area contributed by atoms with Gasteiger partial charge in [0.2, 0.25) is 0 Å². The van der Waals surface area contributed by atoms with Crippen LogP contribution in [0.1, 0.15) is 84.6 Å². The van der Waals surface area contributed by atoms with Gasteiger partial charge in [0, 0.05) is 29.7 Å². The van der Waals surface area contributed by atoms with E-state index < -0.39 is 24.6 Å². The van der Waals surface area contributed by atoms with Crippen molar-refractivity contribution in [2.75, 3.05) is 27.2 Å². The van der Waals surface area contributed by atoms with Crippen LogP contribution in [-0.2, 0) is 17.6 Å². The fourth-order valence-electron chi connectivity index (χ4n) is 6.01. The second-order valence-corrected chi connectivity index (χ2v) is 12.7. The Bertz CT molecular complexity index is 1550. The minimum absolute atomic E-state index is 0.0110. The largest absolute Gasteiger partial charge is 0.481 e. The Morgan fingerprint density at radius 3 is 2.48 bits per heavy atom. The summed E-state index contributed by atoms with van der Waals surface area (Å²) in [4.78, 5) is 31.4. The zero-order valence-corrected chi connectivity index (χ0v) is 27.2. The van der Waals surface area contributed by atoms with Crippen molar-refractivity contribution in [3.63, 3.8) is 0 Å². The van der Waals surface area contributed by atoms with Crippen LogP contribution in [-0.4, -0.2) is 76.5 Å². The van der Waals surface area contributed by atoms with Crippen LogP contribution in [0.3, 0.4) is 0 Å². The molecule has 0 saturated carbocycles. The predicted octanol–water partition coefficient (Wildman–Crippen LogP) is 5.84. The maximum atomic E-state index is 14.1. The van der Waals surface area contributed by atoms with Crippen molar-refractivity contribution in [3.8, 4) is 22.4 Å². The Morgan fingerprint density at radius 1 is 1.07 bits per heavy atom. The minimum Gasteiger partial charge on any atom is -0.481 e. The summed E-state index contributed by atoms with van der Waals surface area (Å²) in [6.45, 7) is 5.68. The number of carboxylic acid groups (broad SMARTS) is 1. The number of carbonyl (C=O) groups is 2. The number of aryl methyl sites for hydroxylation is 1. The third-order valence-corrected chi connectivity index (χ3v) is 8.27. The van der Waals surface area contributed by atoms with E-state index in [0.717, 1.165) is 77.0 Å². The zero-order valence-electron chi connectivity index (χ0n) is 27.2. The zero-order chi connectivity index (χ0) is 33.4. The molecule has 0 fully saturated rings. The molecule has 46 heavy (non-hydrogen) atoms. The predicted molar refractivity (Wildman–Crippen MR) is 179 cm³/mol. The number of benzene rings is 2. The van der Waals surface area contributed by atoms with E-state index in [4.69, 9.17) is 10.1 Å². The molecular formula is C37H46FN3O5. The lowest BCUT2D eigenvalue weighted by atomic mass is 9.86. The van der Waals surface area contributed by atoms with Gasteiger partial charge in [0.15, 0.2) is 0 Å². The fraction of sp³-hybridized carbons (Fsp3) is 0.432. The topological polar surface area (TPSA) is 123 Å². The van der Waals surface area contributed by atoms with Crippen LogP contribution in [0.25, 0.3) is 28.5 Å². The molecule has 246 valence electrons. The number of hydrogen-bond donors (Lipinski definition) is 4. The Labute approximate surface area is 271 Å². The first-order valence-corrected chi connectivity index (χ1v) is 16.1. The van der Waals surface area contributed by atoms with E-state index in [1.54, 1.807) is 24.3 Å². The van der Waals surface area contributed by atoms with Crippen LogP contribution < -0.4 is 5.32 Å². The van der Waals surface area contributed by atoms with Gasteiger partial charge in [0.1, 0.15) is 5.82 Å². The summed E-state index contributed by atoms with van der Waals surface area (Å²) in [5, 5.41) is 32.8. The summed E-state index contributed by atoms with van der Waals surface area (Å²) in [5.41, 5.74) is 7.78. The standard InChI is InChI=1S/C37H46FN3O5/c1-23(2)35-32(17-15-28(42)21-29(43)22-33(44)45)34(24-10-13-27(38)14-11-24)31-9-7-8-25-20-26(12-16-30(25)36(31)40-35)37(46)39-18-5-6-19-41(3)4/h10-17,20,23,28-29,42-43H,5-9,18-19,21-22H2,1-4H3,(H,39,46)(H,44,45)/b17-15+/t28-,29-/m1/s1. The SMILES string of the molecule is CC(C)c1nc2c(c(-c3ccc(F)cc3)c1/C=C/[C@@H](O)C[C@@H](O)CC(=O)O)CCCc1cc(C(=O)NCCCCN(C)C)ccc1-2. The van der Waals surface area contributed by atoms with Crippen molar-refractivity contribution in [2.24, 2.45) is 0 Å². The summed E-state index contributed by atoms with van der Waals surface area (Å²) >= 11 is 0. The van der Waals surface area contributed by atoms with Crippen LogP contribution >= 0.6 is 0 Å². The Balaban J connectivity index is 1.76. The highest BCUT2D eigenvalue weighted by Crippen LogP contribution is 2.42. The number of aliphatic hydroxyl groups excluding tert-OH is 2. The number of fused-ring (bicyclic) bond motifs is 3. The number of pyridine rings is 1. The number of nitrogens with one attached hydrogen (secondary N) is 1. The van der Waals surface area contributed by atoms with Gasteiger partial charge in [0.25, 0.3) is 5.91 Å². The van der Waals surface area contributed by atoms with Crippen molar-refractivity contribution in [3.05, 3.63) is 82.3 Å². The van der Waals surface area contributed by atoms with Gasteiger partial charge >= 0.3 is 5.97 Å². The monoisotopic (exact) mass is 631 g/mol. The Morgan fingerprint density at radius 2 is 1.80 bits per heavy atom. The van der Waals surface area contributed by atoms with Crippen LogP contribution in [0.5, 0.6) is 0 Å². The first-order valence-electron chi connectivity index (χ1n) is 16.1. The third kappa shape index (κ3) is 9.09. The first kappa shape index (κ1) is 34.9. The number of halogens is 1. The van der Waals surface area contributed by atoms with Gasteiger partial charge in [-0.15, -0.1) is 0 Å². The van der Waals surface area contributed by atoms with Crippen LogP contribution in [0.4, 0.5) is 4.39 Å². The van der Waals surface area contributed by atoms with Gasteiger partial charge in [-0.05, 0) is 105 Å². The molecular weight excluding hydrogens is 585 g/mol. The fourth-order valence-corrected chi connectivity index (χ4v) is 6.01. The number of carboxylic acids is 1. The average molecular weight is 632 g/mol.